The quantitative estimate of drug-likeness (QED) is 0.0652. The van der Waals surface area contributed by atoms with E-state index in [0.29, 0.717) is 40.4 Å². The van der Waals surface area contributed by atoms with Crippen molar-refractivity contribution in [3.63, 3.8) is 0 Å². The average Bonchev–Trinajstić information content (AvgIpc) is 3.12. The highest BCUT2D eigenvalue weighted by atomic mass is 32.2. The van der Waals surface area contributed by atoms with Gasteiger partial charge < -0.3 is 19.7 Å². The summed E-state index contributed by atoms with van der Waals surface area (Å²) in [7, 11) is -4.57. The molecule has 0 amide bonds. The van der Waals surface area contributed by atoms with Crippen molar-refractivity contribution in [1.82, 2.24) is 0 Å². The molecule has 49 heavy (non-hydrogen) atoms. The standard InChI is InChI=1S/C40H42O7S2/c1-2-3-25-46-33-19-21-35(22-20-33)48-38-23-16-31(27-39(38)49(43,44)45)36-12-4-5-13-37(36)40(42)32-11-8-10-30(26-32)28-47-34-17-14-29(15-18-34)9-6-7-24-41/h4-5,8,10-23,26-27,40-42H,2-3,6-7,9,24-25,28H2,1H3,(H,43,44,45). The van der Waals surface area contributed by atoms with Crippen LogP contribution in [0.15, 0.2) is 130 Å². The monoisotopic (exact) mass is 698 g/mol. The Kier molecular flexibility index (Phi) is 12.9. The van der Waals surface area contributed by atoms with E-state index in [4.69, 9.17) is 14.6 Å². The number of aryl methyl sites for hydroxylation is 1. The Hall–Kier alpha value is -4.12. The summed E-state index contributed by atoms with van der Waals surface area (Å²) in [6.45, 7) is 3.26. The second-order valence-corrected chi connectivity index (χ2v) is 14.3. The van der Waals surface area contributed by atoms with Crippen LogP contribution in [0.1, 0.15) is 61.0 Å². The highest BCUT2D eigenvalue weighted by Gasteiger charge is 2.21. The van der Waals surface area contributed by atoms with Gasteiger partial charge in [-0.25, -0.2) is 0 Å². The maximum atomic E-state index is 12.6. The lowest BCUT2D eigenvalue weighted by Gasteiger charge is -2.18. The molecule has 1 unspecified atom stereocenters. The molecule has 3 N–H and O–H groups in total. The van der Waals surface area contributed by atoms with Gasteiger partial charge in [0.2, 0.25) is 0 Å². The van der Waals surface area contributed by atoms with E-state index in [9.17, 15) is 18.1 Å². The van der Waals surface area contributed by atoms with Crippen LogP contribution in [-0.2, 0) is 23.1 Å². The number of aliphatic hydroxyl groups excluding tert-OH is 2. The van der Waals surface area contributed by atoms with E-state index in [0.717, 1.165) is 54.1 Å². The summed E-state index contributed by atoms with van der Waals surface area (Å²) in [5.74, 6) is 1.49. The number of benzene rings is 5. The molecular weight excluding hydrogens is 657 g/mol. The second kappa shape index (κ2) is 17.5. The van der Waals surface area contributed by atoms with Crippen LogP contribution in [0, 0.1) is 0 Å². The van der Waals surface area contributed by atoms with E-state index in [1.54, 1.807) is 12.1 Å². The van der Waals surface area contributed by atoms with Crippen LogP contribution in [0.25, 0.3) is 11.1 Å². The highest BCUT2D eigenvalue weighted by molar-refractivity contribution is 8.00. The normalized spacial score (nSPS) is 12.1. The minimum absolute atomic E-state index is 0.202. The Bertz CT molecular complexity index is 1910. The number of ether oxygens (including phenoxy) is 2. The zero-order valence-corrected chi connectivity index (χ0v) is 29.1. The number of aliphatic hydroxyl groups is 2. The molecule has 0 bridgehead atoms. The average molecular weight is 699 g/mol. The molecule has 7 nitrogen and oxygen atoms in total. The van der Waals surface area contributed by atoms with Crippen molar-refractivity contribution in [3.05, 3.63) is 138 Å². The predicted octanol–water partition coefficient (Wildman–Crippen LogP) is 8.91. The summed E-state index contributed by atoms with van der Waals surface area (Å²) in [6, 6.07) is 35.1. The van der Waals surface area contributed by atoms with E-state index in [2.05, 4.69) is 6.92 Å². The summed E-state index contributed by atoms with van der Waals surface area (Å²) in [4.78, 5) is 0.972. The predicted molar refractivity (Wildman–Crippen MR) is 194 cm³/mol. The molecule has 0 spiro atoms. The molecule has 5 aromatic rings. The van der Waals surface area contributed by atoms with Crippen LogP contribution in [0.4, 0.5) is 0 Å². The third kappa shape index (κ3) is 10.2. The molecule has 1 atom stereocenters. The van der Waals surface area contributed by atoms with Gasteiger partial charge in [0, 0.05) is 16.4 Å². The van der Waals surface area contributed by atoms with Crippen molar-refractivity contribution < 1.29 is 32.7 Å². The van der Waals surface area contributed by atoms with Gasteiger partial charge in [0.1, 0.15) is 29.1 Å². The number of hydrogen-bond donors (Lipinski definition) is 3. The summed E-state index contributed by atoms with van der Waals surface area (Å²) in [5, 5.41) is 20.6. The Morgan fingerprint density at radius 2 is 1.49 bits per heavy atom. The molecule has 0 aliphatic rings. The van der Waals surface area contributed by atoms with Crippen LogP contribution in [-0.4, -0.2) is 36.4 Å². The molecule has 5 aromatic carbocycles. The molecule has 0 saturated carbocycles. The third-order valence-corrected chi connectivity index (χ3v) is 10.2. The molecular formula is C40H42O7S2. The fourth-order valence-electron chi connectivity index (χ4n) is 5.42. The third-order valence-electron chi connectivity index (χ3n) is 8.08. The van der Waals surface area contributed by atoms with Crippen molar-refractivity contribution in [2.45, 2.75) is 66.4 Å². The van der Waals surface area contributed by atoms with E-state index in [1.807, 2.05) is 97.1 Å². The Labute approximate surface area is 293 Å². The summed E-state index contributed by atoms with van der Waals surface area (Å²) < 4.78 is 47.2. The number of unbranched alkanes of at least 4 members (excludes halogenated alkanes) is 2. The maximum absolute atomic E-state index is 12.6. The summed E-state index contributed by atoms with van der Waals surface area (Å²) in [5.41, 5.74) is 4.53. The highest BCUT2D eigenvalue weighted by Crippen LogP contribution is 2.38. The van der Waals surface area contributed by atoms with Crippen LogP contribution in [0.5, 0.6) is 11.5 Å². The van der Waals surface area contributed by atoms with Gasteiger partial charge in [-0.1, -0.05) is 85.8 Å². The van der Waals surface area contributed by atoms with Gasteiger partial charge in [0.25, 0.3) is 10.1 Å². The van der Waals surface area contributed by atoms with Gasteiger partial charge in [-0.05, 0) is 114 Å². The van der Waals surface area contributed by atoms with Gasteiger partial charge in [0.15, 0.2) is 0 Å². The van der Waals surface area contributed by atoms with Gasteiger partial charge in [-0.2, -0.15) is 8.42 Å². The topological polar surface area (TPSA) is 113 Å². The first-order valence-electron chi connectivity index (χ1n) is 16.5. The molecule has 0 radical (unpaired) electrons. The van der Waals surface area contributed by atoms with Crippen molar-refractivity contribution >= 4 is 21.9 Å². The number of hydrogen-bond acceptors (Lipinski definition) is 7. The minimum atomic E-state index is -4.57. The van der Waals surface area contributed by atoms with Gasteiger partial charge in [0.05, 0.1) is 6.61 Å². The Morgan fingerprint density at radius 1 is 0.755 bits per heavy atom. The minimum Gasteiger partial charge on any atom is -0.494 e. The molecule has 0 fully saturated rings. The first-order valence-corrected chi connectivity index (χ1v) is 18.7. The van der Waals surface area contributed by atoms with Crippen molar-refractivity contribution in [2.24, 2.45) is 0 Å². The molecule has 0 aromatic heterocycles. The largest absolute Gasteiger partial charge is 0.494 e. The second-order valence-electron chi connectivity index (χ2n) is 11.8. The van der Waals surface area contributed by atoms with E-state index in [1.165, 1.54) is 23.4 Å². The Balaban J connectivity index is 1.33. The van der Waals surface area contributed by atoms with Crippen LogP contribution < -0.4 is 9.47 Å². The van der Waals surface area contributed by atoms with E-state index >= 15 is 0 Å². The first kappa shape index (κ1) is 36.2. The van der Waals surface area contributed by atoms with Crippen LogP contribution in [0.3, 0.4) is 0 Å². The molecule has 9 heteroatoms. The molecule has 0 aliphatic heterocycles. The molecule has 0 heterocycles. The van der Waals surface area contributed by atoms with Crippen molar-refractivity contribution in [2.75, 3.05) is 13.2 Å². The number of rotatable bonds is 17. The molecule has 0 aliphatic carbocycles. The lowest BCUT2D eigenvalue weighted by molar-refractivity contribution is 0.220. The fraction of sp³-hybridized carbons (Fsp3) is 0.250. The van der Waals surface area contributed by atoms with Crippen LogP contribution >= 0.6 is 11.8 Å². The first-order chi connectivity index (χ1) is 23.7. The van der Waals surface area contributed by atoms with Crippen LogP contribution in [0.2, 0.25) is 0 Å². The van der Waals surface area contributed by atoms with E-state index in [-0.39, 0.29) is 11.5 Å². The summed E-state index contributed by atoms with van der Waals surface area (Å²) in [6.07, 6.45) is 3.63. The Morgan fingerprint density at radius 3 is 2.22 bits per heavy atom. The maximum Gasteiger partial charge on any atom is 0.295 e. The zero-order chi connectivity index (χ0) is 34.6. The van der Waals surface area contributed by atoms with E-state index < -0.39 is 16.2 Å². The molecule has 256 valence electrons. The lowest BCUT2D eigenvalue weighted by Crippen LogP contribution is -2.05. The SMILES string of the molecule is CCCCOc1ccc(Sc2ccc(-c3ccccc3C(O)c3cccc(COc4ccc(CCCCO)cc4)c3)cc2S(=O)(=O)O)cc1. The smallest absolute Gasteiger partial charge is 0.295 e. The molecule has 5 rings (SSSR count). The fourth-order valence-corrected chi connectivity index (χ4v) is 7.28. The van der Waals surface area contributed by atoms with Crippen molar-refractivity contribution in [1.29, 1.82) is 0 Å². The molecule has 0 saturated heterocycles. The van der Waals surface area contributed by atoms with Gasteiger partial charge in [-0.15, -0.1) is 0 Å². The zero-order valence-electron chi connectivity index (χ0n) is 27.5. The lowest BCUT2D eigenvalue weighted by atomic mass is 9.92. The van der Waals surface area contributed by atoms with Gasteiger partial charge >= 0.3 is 0 Å². The summed E-state index contributed by atoms with van der Waals surface area (Å²) >= 11 is 1.23. The van der Waals surface area contributed by atoms with Gasteiger partial charge in [-0.3, -0.25) is 4.55 Å². The van der Waals surface area contributed by atoms with Crippen molar-refractivity contribution in [3.8, 4) is 22.6 Å².